The van der Waals surface area contributed by atoms with Crippen LogP contribution in [0.1, 0.15) is 258 Å². The molecule has 7 heteroatoms. The molecule has 0 radical (unpaired) electrons. The molecule has 7 nitrogen and oxygen atoms in total. The Bertz CT molecular complexity index is 931. The molecule has 3 fully saturated rings. The molecule has 0 aromatic heterocycles. The Balaban J connectivity index is -0.000000724. The molecular weight excluding hydrogens is 807 g/mol. The molecule has 9 atom stereocenters. The zero-order valence-corrected chi connectivity index (χ0v) is 48.2. The van der Waals surface area contributed by atoms with Gasteiger partial charge in [0, 0.05) is 24.2 Å². The van der Waals surface area contributed by atoms with E-state index in [1.165, 1.54) is 128 Å². The van der Waals surface area contributed by atoms with Crippen LogP contribution in [0, 0.1) is 76.9 Å². The maximum atomic E-state index is 6.04. The molecule has 0 saturated heterocycles. The molecule has 0 heterocycles. The maximum Gasteiger partial charge on any atom is 0.00417 e. The van der Waals surface area contributed by atoms with Crippen LogP contribution in [-0.4, -0.2) is 43.8 Å². The Morgan fingerprint density at radius 3 is 0.970 bits per heavy atom. The lowest BCUT2D eigenvalue weighted by Crippen LogP contribution is -2.22. The van der Waals surface area contributed by atoms with Gasteiger partial charge in [0.25, 0.3) is 0 Å². The van der Waals surface area contributed by atoms with Crippen molar-refractivity contribution in [1.29, 1.82) is 0 Å². The molecule has 0 spiro atoms. The van der Waals surface area contributed by atoms with Crippen LogP contribution < -0.4 is 40.1 Å². The fraction of sp³-hybridized carbons (Fsp3) is 1.00. The zero-order chi connectivity index (χ0) is 51.2. The van der Waals surface area contributed by atoms with E-state index >= 15 is 0 Å². The number of hydrogen-bond donors (Lipinski definition) is 7. The van der Waals surface area contributed by atoms with Crippen molar-refractivity contribution < 1.29 is 0 Å². The second-order valence-electron chi connectivity index (χ2n) is 25.3. The quantitative estimate of drug-likeness (QED) is 0.0428. The lowest BCUT2D eigenvalue weighted by Gasteiger charge is -2.16. The second-order valence-corrected chi connectivity index (χ2v) is 25.3. The first-order chi connectivity index (χ1) is 30.9. The number of hydrogen-bond acceptors (Lipinski definition) is 7. The molecule has 3 rings (SSSR count). The molecule has 3 saturated carbocycles. The summed E-state index contributed by atoms with van der Waals surface area (Å²) in [5.41, 5.74) is 40.2. The van der Waals surface area contributed by atoms with Crippen molar-refractivity contribution in [2.45, 2.75) is 283 Å². The molecular formula is C59H131N7. The van der Waals surface area contributed by atoms with Crippen LogP contribution in [0.4, 0.5) is 0 Å². The van der Waals surface area contributed by atoms with Gasteiger partial charge in [-0.15, -0.1) is 0 Å². The van der Waals surface area contributed by atoms with E-state index < -0.39 is 0 Å². The van der Waals surface area contributed by atoms with Gasteiger partial charge in [0.15, 0.2) is 0 Å². The Hall–Kier alpha value is -0.280. The van der Waals surface area contributed by atoms with Gasteiger partial charge in [-0.1, -0.05) is 136 Å². The molecule has 3 unspecified atom stereocenters. The largest absolute Gasteiger partial charge is 0.330 e. The zero-order valence-electron chi connectivity index (χ0n) is 48.2. The van der Waals surface area contributed by atoms with Gasteiger partial charge in [-0.2, -0.15) is 0 Å². The summed E-state index contributed by atoms with van der Waals surface area (Å²) in [5, 5.41) is 0. The van der Waals surface area contributed by atoms with Gasteiger partial charge in [-0.25, -0.2) is 0 Å². The summed E-state index contributed by atoms with van der Waals surface area (Å²) in [6.45, 7) is 38.8. The average Bonchev–Trinajstić information content (AvgIpc) is 3.81. The van der Waals surface area contributed by atoms with Crippen LogP contribution in [0.2, 0.25) is 0 Å². The van der Waals surface area contributed by atoms with Gasteiger partial charge in [-0.05, 0) is 219 Å². The first-order valence-electron chi connectivity index (χ1n) is 29.0. The van der Waals surface area contributed by atoms with E-state index in [4.69, 9.17) is 40.1 Å². The van der Waals surface area contributed by atoms with Crippen molar-refractivity contribution in [3.63, 3.8) is 0 Å². The third-order valence-electron chi connectivity index (χ3n) is 13.9. The smallest absolute Gasteiger partial charge is 0.00417 e. The van der Waals surface area contributed by atoms with E-state index in [1.807, 2.05) is 0 Å². The van der Waals surface area contributed by atoms with E-state index in [0.29, 0.717) is 30.1 Å². The third kappa shape index (κ3) is 50.1. The Kier molecular flexibility index (Phi) is 47.3. The molecule has 3 aliphatic rings. The third-order valence-corrected chi connectivity index (χ3v) is 13.9. The summed E-state index contributed by atoms with van der Waals surface area (Å²) in [7, 11) is 0. The SMILES string of the molecule is CC(C)CC(N)CCC(C)C1CC1.CC(C)CCC(N)CC(C)C.CC(C)C[C@@H](N)CCCN.CC(C)C[C@H]1CC[C@@H](CN)C1.CC(C)C[C@H]1CC[C@H](CN)C1.CCCC[C@@H](N)CC(C)C. The Labute approximate surface area is 417 Å². The molecule has 0 aromatic carbocycles. The first kappa shape index (κ1) is 70.0. The molecule has 0 amide bonds. The summed E-state index contributed by atoms with van der Waals surface area (Å²) in [4.78, 5) is 0. The molecule has 3 aliphatic carbocycles. The summed E-state index contributed by atoms with van der Waals surface area (Å²) in [5.74, 6) is 11.2. The van der Waals surface area contributed by atoms with Crippen LogP contribution >= 0.6 is 0 Å². The van der Waals surface area contributed by atoms with Crippen molar-refractivity contribution in [2.75, 3.05) is 19.6 Å². The predicted octanol–water partition coefficient (Wildman–Crippen LogP) is 14.4. The van der Waals surface area contributed by atoms with E-state index in [9.17, 15) is 0 Å². The Morgan fingerprint density at radius 1 is 0.364 bits per heavy atom. The van der Waals surface area contributed by atoms with Crippen LogP contribution in [0.5, 0.6) is 0 Å². The second kappa shape index (κ2) is 44.6. The number of unbranched alkanes of at least 4 members (excludes halogenated alkanes) is 1. The summed E-state index contributed by atoms with van der Waals surface area (Å²) in [6, 6.07) is 1.68. The van der Waals surface area contributed by atoms with Gasteiger partial charge < -0.3 is 40.1 Å². The van der Waals surface area contributed by atoms with Crippen molar-refractivity contribution in [3.05, 3.63) is 0 Å². The van der Waals surface area contributed by atoms with Crippen molar-refractivity contribution >= 4 is 0 Å². The van der Waals surface area contributed by atoms with E-state index in [2.05, 4.69) is 111 Å². The van der Waals surface area contributed by atoms with Crippen LogP contribution in [0.3, 0.4) is 0 Å². The summed E-state index contributed by atoms with van der Waals surface area (Å²) >= 11 is 0. The van der Waals surface area contributed by atoms with Crippen molar-refractivity contribution in [3.8, 4) is 0 Å². The van der Waals surface area contributed by atoms with Gasteiger partial charge in [0.2, 0.25) is 0 Å². The van der Waals surface area contributed by atoms with Gasteiger partial charge >= 0.3 is 0 Å². The van der Waals surface area contributed by atoms with Crippen LogP contribution in [0.25, 0.3) is 0 Å². The highest BCUT2D eigenvalue weighted by Crippen LogP contribution is 2.39. The highest BCUT2D eigenvalue weighted by Gasteiger charge is 2.28. The fourth-order valence-electron chi connectivity index (χ4n) is 10.2. The summed E-state index contributed by atoms with van der Waals surface area (Å²) in [6.07, 6.45) is 29.8. The predicted molar refractivity (Wildman–Crippen MR) is 301 cm³/mol. The van der Waals surface area contributed by atoms with Gasteiger partial charge in [0.05, 0.1) is 0 Å². The molecule has 0 bridgehead atoms. The van der Waals surface area contributed by atoms with Gasteiger partial charge in [0.1, 0.15) is 0 Å². The topological polar surface area (TPSA) is 182 Å². The minimum absolute atomic E-state index is 0.364. The number of nitrogens with two attached hydrogens (primary N) is 7. The molecule has 0 aliphatic heterocycles. The molecule has 14 N–H and O–H groups in total. The van der Waals surface area contributed by atoms with Crippen molar-refractivity contribution in [1.82, 2.24) is 0 Å². The molecule has 66 heavy (non-hydrogen) atoms. The van der Waals surface area contributed by atoms with Crippen molar-refractivity contribution in [2.24, 2.45) is 117 Å². The standard InChI is InChI=1S/C12H25N.2C10H21N.C10H23N.C9H21N.C8H20N2/c1-9(2)8-12(13)7-4-10(3)11-5-6-11;2*1-8(2)5-9-3-4-10(6-9)7-11;1-8(2)5-6-10(11)7-9(3)4;1-4-5-6-9(10)7-8(2)3;1-7(2)6-8(10)4-3-5-9/h9-12H,4-8,13H2,1-3H3;2*8-10H,3-7,11H2,1-2H3;8-10H,5-7,11H2,1-4H3;8-9H,4-7,10H2,1-3H3;7-8H,3-6,9-10H2,1-2H3/t;9-,10+;9-,10-;;9-;8-/m.11.10/s1. The Morgan fingerprint density at radius 2 is 0.697 bits per heavy atom. The summed E-state index contributed by atoms with van der Waals surface area (Å²) < 4.78 is 0. The minimum Gasteiger partial charge on any atom is -0.330 e. The fourth-order valence-corrected chi connectivity index (χ4v) is 10.2. The highest BCUT2D eigenvalue weighted by molar-refractivity contribution is 4.80. The number of rotatable bonds is 27. The lowest BCUT2D eigenvalue weighted by atomic mass is 9.94. The molecule has 0 aromatic rings. The van der Waals surface area contributed by atoms with Crippen LogP contribution in [0.15, 0.2) is 0 Å². The van der Waals surface area contributed by atoms with E-state index in [-0.39, 0.29) is 0 Å². The van der Waals surface area contributed by atoms with Crippen LogP contribution in [-0.2, 0) is 0 Å². The lowest BCUT2D eigenvalue weighted by molar-refractivity contribution is 0.395. The average molecular weight is 939 g/mol. The minimum atomic E-state index is 0.364. The van der Waals surface area contributed by atoms with E-state index in [0.717, 1.165) is 110 Å². The molecule has 402 valence electrons. The highest BCUT2D eigenvalue weighted by atomic mass is 14.6. The van der Waals surface area contributed by atoms with Gasteiger partial charge in [-0.3, -0.25) is 0 Å². The first-order valence-corrected chi connectivity index (χ1v) is 29.0. The monoisotopic (exact) mass is 938 g/mol. The maximum absolute atomic E-state index is 6.04. The normalized spacial score (nSPS) is 21.5. The van der Waals surface area contributed by atoms with E-state index in [1.54, 1.807) is 0 Å².